The molecule has 1 aliphatic rings. The van der Waals surface area contributed by atoms with Gasteiger partial charge >= 0.3 is 111 Å². The van der Waals surface area contributed by atoms with E-state index in [-0.39, 0.29) is 6.04 Å². The first-order chi connectivity index (χ1) is 8.05. The van der Waals surface area contributed by atoms with Crippen molar-refractivity contribution in [2.75, 3.05) is 6.54 Å². The second kappa shape index (κ2) is 5.10. The van der Waals surface area contributed by atoms with Crippen molar-refractivity contribution in [2.24, 2.45) is 0 Å². The molecule has 2 rings (SSSR count). The summed E-state index contributed by atoms with van der Waals surface area (Å²) in [6.07, 6.45) is 1.91. The quantitative estimate of drug-likeness (QED) is 0.796. The normalized spacial score (nSPS) is 21.9. The van der Waals surface area contributed by atoms with E-state index in [1.807, 2.05) is 19.1 Å². The molecule has 1 aliphatic heterocycles. The minimum atomic E-state index is -3.30. The molecule has 1 unspecified atom stereocenters. The van der Waals surface area contributed by atoms with Gasteiger partial charge in [-0.05, 0) is 0 Å². The standard InChI is InChI=1S/C12H16NO2SSe/c1-10-4-6-12(7-5-10)16(14,15)13-8-2-3-11(13)9-17/h4-7,11H,2-3,8-9H2,1H3. The third kappa shape index (κ3) is 2.57. The Hall–Kier alpha value is -0.351. The van der Waals surface area contributed by atoms with Crippen LogP contribution >= 0.6 is 0 Å². The molecule has 0 saturated carbocycles. The zero-order chi connectivity index (χ0) is 12.5. The van der Waals surface area contributed by atoms with Crippen LogP contribution in [0.25, 0.3) is 0 Å². The summed E-state index contributed by atoms with van der Waals surface area (Å²) in [6.45, 7) is 2.60. The van der Waals surface area contributed by atoms with E-state index in [4.69, 9.17) is 0 Å². The van der Waals surface area contributed by atoms with Gasteiger partial charge in [0.05, 0.1) is 0 Å². The summed E-state index contributed by atoms with van der Waals surface area (Å²) in [5.41, 5.74) is 1.07. The van der Waals surface area contributed by atoms with E-state index in [0.29, 0.717) is 11.4 Å². The third-order valence-electron chi connectivity index (χ3n) is 3.14. The van der Waals surface area contributed by atoms with E-state index in [9.17, 15) is 8.42 Å². The van der Waals surface area contributed by atoms with Crippen molar-refractivity contribution in [1.29, 1.82) is 0 Å². The molecule has 3 nitrogen and oxygen atoms in total. The van der Waals surface area contributed by atoms with Crippen LogP contribution in [0.4, 0.5) is 0 Å². The zero-order valence-electron chi connectivity index (χ0n) is 9.80. The van der Waals surface area contributed by atoms with Gasteiger partial charge < -0.3 is 0 Å². The minimum absolute atomic E-state index is 0.126. The Morgan fingerprint density at radius 3 is 2.59 bits per heavy atom. The summed E-state index contributed by atoms with van der Waals surface area (Å²) in [7, 11) is -3.30. The maximum absolute atomic E-state index is 12.4. The molecule has 0 bridgehead atoms. The Kier molecular flexibility index (Phi) is 3.93. The Labute approximate surface area is 111 Å². The van der Waals surface area contributed by atoms with Gasteiger partial charge in [-0.1, -0.05) is 0 Å². The molecule has 0 aliphatic carbocycles. The van der Waals surface area contributed by atoms with Crippen LogP contribution in [-0.2, 0) is 10.0 Å². The fourth-order valence-electron chi connectivity index (χ4n) is 2.14. The molecule has 0 aromatic heterocycles. The molecule has 0 spiro atoms. The van der Waals surface area contributed by atoms with Crippen molar-refractivity contribution in [3.05, 3.63) is 29.8 Å². The van der Waals surface area contributed by atoms with Gasteiger partial charge in [-0.15, -0.1) is 0 Å². The number of sulfonamides is 1. The van der Waals surface area contributed by atoms with Gasteiger partial charge in [0.15, 0.2) is 0 Å². The second-order valence-corrected chi connectivity index (χ2v) is 6.98. The van der Waals surface area contributed by atoms with E-state index in [1.54, 1.807) is 16.4 Å². The number of aryl methyl sites for hydroxylation is 1. The summed E-state index contributed by atoms with van der Waals surface area (Å²) in [4.78, 5) is 0.406. The number of benzene rings is 1. The van der Waals surface area contributed by atoms with Crippen molar-refractivity contribution in [1.82, 2.24) is 4.31 Å². The molecule has 1 aromatic carbocycles. The molecule has 1 atom stereocenters. The van der Waals surface area contributed by atoms with Crippen LogP contribution < -0.4 is 0 Å². The van der Waals surface area contributed by atoms with Crippen LogP contribution in [0.15, 0.2) is 29.2 Å². The molecule has 93 valence electrons. The predicted molar refractivity (Wildman–Crippen MR) is 68.7 cm³/mol. The van der Waals surface area contributed by atoms with Crippen molar-refractivity contribution < 1.29 is 8.42 Å². The molecule has 1 heterocycles. The van der Waals surface area contributed by atoms with Crippen molar-refractivity contribution in [3.8, 4) is 0 Å². The van der Waals surface area contributed by atoms with E-state index in [1.165, 1.54) is 0 Å². The molecule has 17 heavy (non-hydrogen) atoms. The van der Waals surface area contributed by atoms with Crippen LogP contribution in [0.1, 0.15) is 18.4 Å². The summed E-state index contributed by atoms with van der Waals surface area (Å²) in [6, 6.07) is 7.20. The zero-order valence-corrected chi connectivity index (χ0v) is 12.3. The van der Waals surface area contributed by atoms with Crippen molar-refractivity contribution in [2.45, 2.75) is 36.0 Å². The second-order valence-electron chi connectivity index (χ2n) is 4.39. The van der Waals surface area contributed by atoms with Gasteiger partial charge in [-0.3, -0.25) is 0 Å². The van der Waals surface area contributed by atoms with Crippen LogP contribution in [0, 0.1) is 6.92 Å². The average Bonchev–Trinajstić information content (AvgIpc) is 2.78. The fourth-order valence-corrected chi connectivity index (χ4v) is 4.77. The summed E-state index contributed by atoms with van der Waals surface area (Å²) >= 11 is 2.94. The van der Waals surface area contributed by atoms with Crippen molar-refractivity contribution >= 4 is 26.0 Å². The third-order valence-corrected chi connectivity index (χ3v) is 5.92. The Morgan fingerprint density at radius 2 is 2.00 bits per heavy atom. The van der Waals surface area contributed by atoms with Gasteiger partial charge in [0.25, 0.3) is 0 Å². The number of hydrogen-bond acceptors (Lipinski definition) is 2. The van der Waals surface area contributed by atoms with Crippen LogP contribution in [0.5, 0.6) is 0 Å². The maximum atomic E-state index is 12.4. The summed E-state index contributed by atoms with van der Waals surface area (Å²) < 4.78 is 26.5. The van der Waals surface area contributed by atoms with Crippen LogP contribution in [-0.4, -0.2) is 41.3 Å². The average molecular weight is 317 g/mol. The topological polar surface area (TPSA) is 37.4 Å². The summed E-state index contributed by atoms with van der Waals surface area (Å²) in [5, 5.41) is 0.769. The first-order valence-electron chi connectivity index (χ1n) is 5.72. The number of nitrogens with zero attached hydrogens (tertiary/aromatic N) is 1. The molecule has 5 heteroatoms. The fraction of sp³-hybridized carbons (Fsp3) is 0.500. The van der Waals surface area contributed by atoms with Crippen LogP contribution in [0.3, 0.4) is 0 Å². The molecule has 1 saturated heterocycles. The molecule has 1 radical (unpaired) electrons. The molecule has 1 aromatic rings. The number of rotatable bonds is 3. The molecular weight excluding hydrogens is 301 g/mol. The monoisotopic (exact) mass is 318 g/mol. The van der Waals surface area contributed by atoms with Gasteiger partial charge in [-0.25, -0.2) is 0 Å². The Bertz CT molecular complexity index is 484. The SMILES string of the molecule is Cc1ccc(S(=O)(=O)N2CCCC2C[Se])cc1. The molecular formula is C12H16NO2SSe. The predicted octanol–water partition coefficient (Wildman–Crippen LogP) is 1.73. The first-order valence-corrected chi connectivity index (χ1v) is 8.37. The molecule has 0 N–H and O–H groups in total. The Morgan fingerprint density at radius 1 is 1.35 bits per heavy atom. The van der Waals surface area contributed by atoms with Gasteiger partial charge in [0.1, 0.15) is 0 Å². The number of hydrogen-bond donors (Lipinski definition) is 0. The van der Waals surface area contributed by atoms with E-state index in [2.05, 4.69) is 16.0 Å². The van der Waals surface area contributed by atoms with E-state index >= 15 is 0 Å². The van der Waals surface area contributed by atoms with Crippen molar-refractivity contribution in [3.63, 3.8) is 0 Å². The van der Waals surface area contributed by atoms with Crippen LogP contribution in [0.2, 0.25) is 5.32 Å². The first kappa shape index (κ1) is 13.1. The van der Waals surface area contributed by atoms with Gasteiger partial charge in [0, 0.05) is 0 Å². The summed E-state index contributed by atoms with van der Waals surface area (Å²) in [5.74, 6) is 0. The van der Waals surface area contributed by atoms with Gasteiger partial charge in [0.2, 0.25) is 0 Å². The Balaban J connectivity index is 2.33. The molecule has 0 amide bonds. The molecule has 1 fully saturated rings. The van der Waals surface area contributed by atoms with E-state index < -0.39 is 10.0 Å². The van der Waals surface area contributed by atoms with E-state index in [0.717, 1.165) is 23.7 Å². The van der Waals surface area contributed by atoms with Gasteiger partial charge in [-0.2, -0.15) is 0 Å².